The topological polar surface area (TPSA) is 136 Å². The number of aromatic amines is 1. The maximum atomic E-state index is 13.3. The molecular formula is C30H19Cl3N4O6. The van der Waals surface area contributed by atoms with E-state index in [0.717, 1.165) is 0 Å². The van der Waals surface area contributed by atoms with Gasteiger partial charge < -0.3 is 14.5 Å². The number of hydrazone groups is 1. The number of carbonyl (C=O) groups is 2. The second-order valence-corrected chi connectivity index (χ2v) is 10.2. The van der Waals surface area contributed by atoms with Crippen molar-refractivity contribution in [3.63, 3.8) is 0 Å². The van der Waals surface area contributed by atoms with Gasteiger partial charge in [-0.3, -0.25) is 14.9 Å². The van der Waals surface area contributed by atoms with Crippen molar-refractivity contribution in [3.05, 3.63) is 121 Å². The molecule has 2 N–H and O–H groups in total. The number of nitrogens with zero attached hydrogens (tertiary/aromatic N) is 2. The molecule has 0 saturated heterocycles. The summed E-state index contributed by atoms with van der Waals surface area (Å²) in [6, 6.07) is 19.9. The van der Waals surface area contributed by atoms with Crippen LogP contribution in [0, 0.1) is 10.1 Å². The zero-order chi connectivity index (χ0) is 30.7. The van der Waals surface area contributed by atoms with Crippen molar-refractivity contribution in [3.8, 4) is 22.6 Å². The minimum absolute atomic E-state index is 0.116. The van der Waals surface area contributed by atoms with Gasteiger partial charge in [0.05, 0.1) is 28.8 Å². The van der Waals surface area contributed by atoms with E-state index in [-0.39, 0.29) is 28.4 Å². The quantitative estimate of drug-likeness (QED) is 0.0588. The number of H-pyrrole nitrogens is 1. The van der Waals surface area contributed by atoms with Gasteiger partial charge in [0.1, 0.15) is 5.69 Å². The molecule has 1 amide bonds. The van der Waals surface area contributed by atoms with E-state index >= 15 is 0 Å². The smallest absolute Gasteiger partial charge is 0.343 e. The number of aromatic nitrogens is 1. The van der Waals surface area contributed by atoms with Crippen molar-refractivity contribution >= 4 is 69.5 Å². The number of rotatable bonds is 8. The van der Waals surface area contributed by atoms with Gasteiger partial charge in [0.2, 0.25) is 0 Å². The SMILES string of the molecule is COc1cc(C=NNC(=O)c2[nH]c3cc(Cl)cc(Cl)c3c2-c2ccccc2Cl)ccc1OC(=O)c1ccc([N+](=O)[O-])cc1. The Morgan fingerprint density at radius 2 is 1.70 bits per heavy atom. The Morgan fingerprint density at radius 1 is 0.953 bits per heavy atom. The number of non-ortho nitro benzene ring substituents is 1. The number of benzene rings is 4. The Balaban J connectivity index is 1.36. The standard InChI is InChI=1S/C30H19Cl3N4O6/c1-42-25-12-16(6-11-24(25)43-30(39)17-7-9-19(10-8-17)37(40)41)15-34-36-29(38)28-26(20-4-2-3-5-21(20)32)27-22(33)13-18(31)14-23(27)35-28/h2-15,35H,1H3,(H,36,38). The van der Waals surface area contributed by atoms with Crippen molar-refractivity contribution in [2.24, 2.45) is 5.10 Å². The lowest BCUT2D eigenvalue weighted by Gasteiger charge is -2.10. The van der Waals surface area contributed by atoms with E-state index in [1.807, 2.05) is 0 Å². The number of fused-ring (bicyclic) bond motifs is 1. The van der Waals surface area contributed by atoms with E-state index < -0.39 is 16.8 Å². The first-order valence-electron chi connectivity index (χ1n) is 12.4. The number of nitro groups is 1. The van der Waals surface area contributed by atoms with Crippen LogP contribution in [-0.2, 0) is 0 Å². The Labute approximate surface area is 258 Å². The summed E-state index contributed by atoms with van der Waals surface area (Å²) in [5.41, 5.74) is 4.80. The highest BCUT2D eigenvalue weighted by Crippen LogP contribution is 2.41. The van der Waals surface area contributed by atoms with Crippen LogP contribution in [0.25, 0.3) is 22.0 Å². The number of carbonyl (C=O) groups excluding carboxylic acids is 2. The molecule has 5 aromatic rings. The molecule has 0 spiro atoms. The van der Waals surface area contributed by atoms with Crippen LogP contribution in [0.4, 0.5) is 5.69 Å². The first-order chi connectivity index (χ1) is 20.7. The maximum Gasteiger partial charge on any atom is 0.343 e. The fraction of sp³-hybridized carbons (Fsp3) is 0.0333. The summed E-state index contributed by atoms with van der Waals surface area (Å²) in [7, 11) is 1.39. The first-order valence-corrected chi connectivity index (χ1v) is 13.5. The minimum Gasteiger partial charge on any atom is -0.493 e. The number of hydrogen-bond acceptors (Lipinski definition) is 7. The molecule has 43 heavy (non-hydrogen) atoms. The van der Waals surface area contributed by atoms with Gasteiger partial charge >= 0.3 is 5.97 Å². The molecule has 1 aromatic heterocycles. The summed E-state index contributed by atoms with van der Waals surface area (Å²) in [4.78, 5) is 39.2. The zero-order valence-corrected chi connectivity index (χ0v) is 24.3. The molecule has 1 heterocycles. The molecule has 0 aliphatic rings. The van der Waals surface area contributed by atoms with Crippen LogP contribution in [0.5, 0.6) is 11.5 Å². The third-order valence-electron chi connectivity index (χ3n) is 6.27. The largest absolute Gasteiger partial charge is 0.493 e. The lowest BCUT2D eigenvalue weighted by atomic mass is 10.0. The third-order valence-corrected chi connectivity index (χ3v) is 7.11. The van der Waals surface area contributed by atoms with Gasteiger partial charge in [-0.05, 0) is 54.1 Å². The van der Waals surface area contributed by atoms with Crippen molar-refractivity contribution < 1.29 is 24.0 Å². The van der Waals surface area contributed by atoms with Crippen molar-refractivity contribution in [2.75, 3.05) is 7.11 Å². The van der Waals surface area contributed by atoms with Crippen LogP contribution in [0.2, 0.25) is 15.1 Å². The molecule has 0 aliphatic carbocycles. The lowest BCUT2D eigenvalue weighted by molar-refractivity contribution is -0.384. The van der Waals surface area contributed by atoms with Crippen LogP contribution in [0.15, 0.2) is 84.0 Å². The molecule has 0 fully saturated rings. The second kappa shape index (κ2) is 12.5. The highest BCUT2D eigenvalue weighted by atomic mass is 35.5. The molecule has 4 aromatic carbocycles. The van der Waals surface area contributed by atoms with Crippen LogP contribution in [-0.4, -0.2) is 35.1 Å². The Hall–Kier alpha value is -4.90. The fourth-order valence-electron chi connectivity index (χ4n) is 4.30. The van der Waals surface area contributed by atoms with Gasteiger partial charge in [0.25, 0.3) is 11.6 Å². The second-order valence-electron chi connectivity index (χ2n) is 8.97. The predicted octanol–water partition coefficient (Wildman–Crippen LogP) is 7.70. The summed E-state index contributed by atoms with van der Waals surface area (Å²) in [5.74, 6) is -0.954. The molecule has 0 atom stereocenters. The van der Waals surface area contributed by atoms with E-state index in [1.54, 1.807) is 48.5 Å². The molecule has 0 bridgehead atoms. The zero-order valence-electron chi connectivity index (χ0n) is 22.1. The molecular weight excluding hydrogens is 619 g/mol. The average molecular weight is 638 g/mol. The summed E-state index contributed by atoms with van der Waals surface area (Å²) in [6.45, 7) is 0. The van der Waals surface area contributed by atoms with Gasteiger partial charge in [-0.2, -0.15) is 5.10 Å². The van der Waals surface area contributed by atoms with E-state index in [1.165, 1.54) is 43.7 Å². The number of hydrogen-bond donors (Lipinski definition) is 2. The Bertz CT molecular complexity index is 1920. The Kier molecular flexibility index (Phi) is 8.63. The molecule has 5 rings (SSSR count). The van der Waals surface area contributed by atoms with Crippen LogP contribution in [0.1, 0.15) is 26.4 Å². The van der Waals surface area contributed by atoms with Gasteiger partial charge in [-0.25, -0.2) is 10.2 Å². The maximum absolute atomic E-state index is 13.3. The van der Waals surface area contributed by atoms with Crippen LogP contribution < -0.4 is 14.9 Å². The highest BCUT2D eigenvalue weighted by Gasteiger charge is 2.23. The van der Waals surface area contributed by atoms with Crippen LogP contribution >= 0.6 is 34.8 Å². The molecule has 0 radical (unpaired) electrons. The van der Waals surface area contributed by atoms with E-state index in [4.69, 9.17) is 44.3 Å². The third kappa shape index (κ3) is 6.31. The number of esters is 1. The Morgan fingerprint density at radius 3 is 2.40 bits per heavy atom. The molecule has 0 unspecified atom stereocenters. The molecule has 10 nitrogen and oxygen atoms in total. The van der Waals surface area contributed by atoms with E-state index in [2.05, 4.69) is 15.5 Å². The molecule has 0 aliphatic heterocycles. The number of nitro benzene ring substituents is 1. The summed E-state index contributed by atoms with van der Waals surface area (Å²) in [5, 5.41) is 16.7. The monoisotopic (exact) mass is 636 g/mol. The summed E-state index contributed by atoms with van der Waals surface area (Å²) in [6.07, 6.45) is 1.38. The van der Waals surface area contributed by atoms with Gasteiger partial charge in [-0.15, -0.1) is 0 Å². The van der Waals surface area contributed by atoms with Gasteiger partial charge in [0.15, 0.2) is 11.5 Å². The number of amides is 1. The van der Waals surface area contributed by atoms with Gasteiger partial charge in [-0.1, -0.05) is 53.0 Å². The highest BCUT2D eigenvalue weighted by molar-refractivity contribution is 6.41. The minimum atomic E-state index is -0.726. The van der Waals surface area contributed by atoms with E-state index in [9.17, 15) is 19.7 Å². The normalized spacial score (nSPS) is 11.1. The summed E-state index contributed by atoms with van der Waals surface area (Å²) < 4.78 is 10.8. The molecule has 0 saturated carbocycles. The molecule has 216 valence electrons. The van der Waals surface area contributed by atoms with Crippen molar-refractivity contribution in [1.82, 2.24) is 10.4 Å². The number of nitrogens with one attached hydrogen (secondary N) is 2. The number of halogens is 3. The van der Waals surface area contributed by atoms with E-state index in [0.29, 0.717) is 42.7 Å². The summed E-state index contributed by atoms with van der Waals surface area (Å²) >= 11 is 19.2. The number of methoxy groups -OCH3 is 1. The predicted molar refractivity (Wildman–Crippen MR) is 165 cm³/mol. The van der Waals surface area contributed by atoms with Crippen LogP contribution in [0.3, 0.4) is 0 Å². The first kappa shape index (κ1) is 29.6. The number of ether oxygens (including phenoxy) is 2. The van der Waals surface area contributed by atoms with Crippen molar-refractivity contribution in [1.29, 1.82) is 0 Å². The molecule has 13 heteroatoms. The van der Waals surface area contributed by atoms with Crippen molar-refractivity contribution in [2.45, 2.75) is 0 Å². The average Bonchev–Trinajstić information content (AvgIpc) is 3.37. The lowest BCUT2D eigenvalue weighted by Crippen LogP contribution is -2.19. The van der Waals surface area contributed by atoms with Gasteiger partial charge in [0, 0.05) is 44.2 Å². The fourth-order valence-corrected chi connectivity index (χ4v) is 5.12.